The van der Waals surface area contributed by atoms with E-state index in [0.717, 1.165) is 25.3 Å². The summed E-state index contributed by atoms with van der Waals surface area (Å²) >= 11 is 0. The van der Waals surface area contributed by atoms with Crippen LogP contribution in [0.2, 0.25) is 0 Å². The molecule has 2 heterocycles. The second-order valence-corrected chi connectivity index (χ2v) is 6.32. The lowest BCUT2D eigenvalue weighted by Crippen LogP contribution is -2.51. The van der Waals surface area contributed by atoms with Crippen LogP contribution in [0.1, 0.15) is 18.2 Å². The van der Waals surface area contributed by atoms with Gasteiger partial charge in [0.05, 0.1) is 17.3 Å². The second kappa shape index (κ2) is 8.45. The van der Waals surface area contributed by atoms with E-state index < -0.39 is 6.10 Å². The molecule has 134 valence electrons. The maximum Gasteiger partial charge on any atom is 0.263 e. The van der Waals surface area contributed by atoms with Crippen LogP contribution in [0.5, 0.6) is 5.75 Å². The number of hydrogen-bond acceptors (Lipinski definition) is 5. The van der Waals surface area contributed by atoms with E-state index >= 15 is 0 Å². The molecule has 1 aliphatic rings. The van der Waals surface area contributed by atoms with Crippen LogP contribution in [0.25, 0.3) is 0 Å². The van der Waals surface area contributed by atoms with Crippen LogP contribution in [0.3, 0.4) is 0 Å². The highest BCUT2D eigenvalue weighted by Gasteiger charge is 2.26. The molecule has 0 saturated carbocycles. The summed E-state index contributed by atoms with van der Waals surface area (Å²) in [5, 5.41) is 8.82. The van der Waals surface area contributed by atoms with E-state index in [4.69, 9.17) is 10.00 Å². The number of pyridine rings is 1. The minimum Gasteiger partial charge on any atom is -0.481 e. The molecule has 2 aromatic rings. The normalized spacial score (nSPS) is 15.9. The molecule has 6 heteroatoms. The van der Waals surface area contributed by atoms with Gasteiger partial charge in [0.25, 0.3) is 5.91 Å². The van der Waals surface area contributed by atoms with Crippen LogP contribution in [0.15, 0.2) is 48.7 Å². The van der Waals surface area contributed by atoms with Crippen molar-refractivity contribution in [1.82, 2.24) is 14.8 Å². The lowest BCUT2D eigenvalue weighted by molar-refractivity contribution is -0.139. The van der Waals surface area contributed by atoms with Crippen LogP contribution in [0, 0.1) is 11.3 Å². The number of carbonyl (C=O) groups excluding carboxylic acids is 1. The first-order chi connectivity index (χ1) is 12.7. The largest absolute Gasteiger partial charge is 0.481 e. The van der Waals surface area contributed by atoms with Gasteiger partial charge in [-0.1, -0.05) is 6.07 Å². The average molecular weight is 350 g/mol. The maximum absolute atomic E-state index is 12.6. The molecule has 0 radical (unpaired) electrons. The van der Waals surface area contributed by atoms with Crippen molar-refractivity contribution < 1.29 is 9.53 Å². The molecule has 0 spiro atoms. The standard InChI is InChI=1S/C20H22N4O2/c1-16(26-19-7-5-17(14-21)6-8-19)20(25)24-12-10-23(11-13-24)15-18-4-2-3-9-22-18/h2-9,16H,10-13,15H2,1H3/t16-/m1/s1. The number of benzene rings is 1. The molecule has 0 aliphatic carbocycles. The first-order valence-electron chi connectivity index (χ1n) is 8.73. The summed E-state index contributed by atoms with van der Waals surface area (Å²) in [6.45, 7) is 5.60. The van der Waals surface area contributed by atoms with Crippen LogP contribution < -0.4 is 4.74 Å². The number of piperazine rings is 1. The van der Waals surface area contributed by atoms with Gasteiger partial charge in [-0.05, 0) is 43.3 Å². The van der Waals surface area contributed by atoms with Crippen molar-refractivity contribution >= 4 is 5.91 Å². The fraction of sp³-hybridized carbons (Fsp3) is 0.350. The number of carbonyl (C=O) groups is 1. The minimum absolute atomic E-state index is 0.00755. The molecule has 0 bridgehead atoms. The summed E-state index contributed by atoms with van der Waals surface area (Å²) in [5.74, 6) is 0.588. The van der Waals surface area contributed by atoms with Crippen LogP contribution >= 0.6 is 0 Å². The Morgan fingerprint density at radius 2 is 1.92 bits per heavy atom. The number of amides is 1. The Hall–Kier alpha value is -2.91. The zero-order valence-electron chi connectivity index (χ0n) is 14.8. The summed E-state index contributed by atoms with van der Waals surface area (Å²) in [6.07, 6.45) is 1.25. The van der Waals surface area contributed by atoms with Crippen molar-refractivity contribution in [3.63, 3.8) is 0 Å². The first kappa shape index (κ1) is 17.9. The topological polar surface area (TPSA) is 69.5 Å². The quantitative estimate of drug-likeness (QED) is 0.826. The first-order valence-corrected chi connectivity index (χ1v) is 8.73. The molecule has 1 aliphatic heterocycles. The van der Waals surface area contributed by atoms with E-state index in [9.17, 15) is 4.79 Å². The Balaban J connectivity index is 1.48. The predicted octanol–water partition coefficient (Wildman–Crippen LogP) is 2.06. The highest BCUT2D eigenvalue weighted by Crippen LogP contribution is 2.15. The van der Waals surface area contributed by atoms with Crippen LogP contribution in [-0.4, -0.2) is 53.0 Å². The lowest BCUT2D eigenvalue weighted by Gasteiger charge is -2.35. The number of aromatic nitrogens is 1. The third kappa shape index (κ3) is 4.58. The van der Waals surface area contributed by atoms with Crippen molar-refractivity contribution in [2.45, 2.75) is 19.6 Å². The third-order valence-corrected chi connectivity index (χ3v) is 4.44. The fourth-order valence-electron chi connectivity index (χ4n) is 2.97. The van der Waals surface area contributed by atoms with E-state index in [1.807, 2.05) is 23.1 Å². The molecule has 1 fully saturated rings. The smallest absolute Gasteiger partial charge is 0.263 e. The van der Waals surface area contributed by atoms with Crippen molar-refractivity contribution in [1.29, 1.82) is 5.26 Å². The van der Waals surface area contributed by atoms with E-state index in [1.165, 1.54) is 0 Å². The summed E-state index contributed by atoms with van der Waals surface area (Å²) < 4.78 is 5.73. The Morgan fingerprint density at radius 1 is 1.19 bits per heavy atom. The molecule has 6 nitrogen and oxygen atoms in total. The van der Waals surface area contributed by atoms with Crippen molar-refractivity contribution in [2.24, 2.45) is 0 Å². The fourth-order valence-corrected chi connectivity index (χ4v) is 2.97. The van der Waals surface area contributed by atoms with Gasteiger partial charge < -0.3 is 9.64 Å². The summed E-state index contributed by atoms with van der Waals surface area (Å²) in [4.78, 5) is 21.1. The molecular weight excluding hydrogens is 328 g/mol. The average Bonchev–Trinajstić information content (AvgIpc) is 2.69. The summed E-state index contributed by atoms with van der Waals surface area (Å²) in [5.41, 5.74) is 1.62. The molecule has 0 unspecified atom stereocenters. The second-order valence-electron chi connectivity index (χ2n) is 6.32. The van der Waals surface area contributed by atoms with Gasteiger partial charge in [0.1, 0.15) is 5.75 Å². The van der Waals surface area contributed by atoms with Gasteiger partial charge in [0.15, 0.2) is 6.10 Å². The Bertz CT molecular complexity index is 763. The minimum atomic E-state index is -0.551. The van der Waals surface area contributed by atoms with Gasteiger partial charge in [-0.3, -0.25) is 14.7 Å². The molecule has 1 saturated heterocycles. The van der Waals surface area contributed by atoms with Gasteiger partial charge in [-0.2, -0.15) is 5.26 Å². The predicted molar refractivity (Wildman–Crippen MR) is 97.3 cm³/mol. The van der Waals surface area contributed by atoms with Crippen LogP contribution in [0.4, 0.5) is 0 Å². The molecule has 1 amide bonds. The molecular formula is C20H22N4O2. The Kier molecular flexibility index (Phi) is 5.82. The zero-order valence-corrected chi connectivity index (χ0v) is 14.8. The highest BCUT2D eigenvalue weighted by molar-refractivity contribution is 5.81. The summed E-state index contributed by atoms with van der Waals surface area (Å²) in [6, 6.07) is 14.8. The zero-order chi connectivity index (χ0) is 18.4. The third-order valence-electron chi connectivity index (χ3n) is 4.44. The van der Waals surface area contributed by atoms with E-state index in [0.29, 0.717) is 24.4 Å². The number of ether oxygens (including phenoxy) is 1. The molecule has 1 atom stereocenters. The van der Waals surface area contributed by atoms with Crippen molar-refractivity contribution in [3.8, 4) is 11.8 Å². The maximum atomic E-state index is 12.6. The van der Waals surface area contributed by atoms with Gasteiger partial charge in [-0.15, -0.1) is 0 Å². The molecule has 26 heavy (non-hydrogen) atoms. The molecule has 0 N–H and O–H groups in total. The van der Waals surface area contributed by atoms with Crippen molar-refractivity contribution in [3.05, 3.63) is 59.9 Å². The van der Waals surface area contributed by atoms with Gasteiger partial charge in [0.2, 0.25) is 0 Å². The monoisotopic (exact) mass is 350 g/mol. The highest BCUT2D eigenvalue weighted by atomic mass is 16.5. The Morgan fingerprint density at radius 3 is 2.54 bits per heavy atom. The van der Waals surface area contributed by atoms with Gasteiger partial charge in [-0.25, -0.2) is 0 Å². The van der Waals surface area contributed by atoms with Gasteiger partial charge >= 0.3 is 0 Å². The Labute approximate surface area is 153 Å². The van der Waals surface area contributed by atoms with E-state index in [1.54, 1.807) is 37.4 Å². The number of nitriles is 1. The number of hydrogen-bond donors (Lipinski definition) is 0. The SMILES string of the molecule is C[C@@H](Oc1ccc(C#N)cc1)C(=O)N1CCN(Cc2ccccn2)CC1. The van der Waals surface area contributed by atoms with E-state index in [2.05, 4.69) is 16.0 Å². The van der Waals surface area contributed by atoms with Gasteiger partial charge in [0, 0.05) is 38.9 Å². The molecule has 1 aromatic heterocycles. The van der Waals surface area contributed by atoms with E-state index in [-0.39, 0.29) is 5.91 Å². The van der Waals surface area contributed by atoms with Crippen molar-refractivity contribution in [2.75, 3.05) is 26.2 Å². The number of rotatable bonds is 5. The molecule has 3 rings (SSSR count). The van der Waals surface area contributed by atoms with Crippen LogP contribution in [-0.2, 0) is 11.3 Å². The summed E-state index contributed by atoms with van der Waals surface area (Å²) in [7, 11) is 0. The number of nitrogens with zero attached hydrogens (tertiary/aromatic N) is 4. The molecule has 1 aromatic carbocycles. The lowest BCUT2D eigenvalue weighted by atomic mass is 10.2.